The maximum Gasteiger partial charge on any atom is 0.225 e. The summed E-state index contributed by atoms with van der Waals surface area (Å²) in [4.78, 5) is 11.9. The van der Waals surface area contributed by atoms with Gasteiger partial charge in [-0.3, -0.25) is 0 Å². The zero-order valence-corrected chi connectivity index (χ0v) is 13.9. The summed E-state index contributed by atoms with van der Waals surface area (Å²) < 4.78 is 6.92. The van der Waals surface area contributed by atoms with Gasteiger partial charge in [-0.1, -0.05) is 6.92 Å². The zero-order chi connectivity index (χ0) is 15.5. The number of ether oxygens (including phenoxy) is 1. The second kappa shape index (κ2) is 6.32. The van der Waals surface area contributed by atoms with Crippen LogP contribution in [0.3, 0.4) is 0 Å². The summed E-state index contributed by atoms with van der Waals surface area (Å²) in [5.74, 6) is 1.65. The molecule has 2 aromatic heterocycles. The van der Waals surface area contributed by atoms with Crippen molar-refractivity contribution in [2.75, 3.05) is 25.6 Å². The lowest BCUT2D eigenvalue weighted by molar-refractivity contribution is 0.318. The fourth-order valence-corrected chi connectivity index (χ4v) is 3.21. The summed E-state index contributed by atoms with van der Waals surface area (Å²) in [7, 11) is 3.89. The SMILES string of the molecule is CCCOc1ccc2cc(-c3ccnc(N(C)C)n3)sc2c1. The number of aromatic nitrogens is 2. The molecule has 5 heteroatoms. The smallest absolute Gasteiger partial charge is 0.225 e. The first-order valence-electron chi connectivity index (χ1n) is 7.34. The molecule has 0 atom stereocenters. The standard InChI is InChI=1S/C17H19N3OS/c1-4-9-21-13-6-5-12-10-16(22-15(12)11-13)14-7-8-18-17(19-14)20(2)3/h5-8,10-11H,4,9H2,1-3H3. The molecule has 3 rings (SSSR count). The zero-order valence-electron chi connectivity index (χ0n) is 13.0. The summed E-state index contributed by atoms with van der Waals surface area (Å²) in [6.07, 6.45) is 2.82. The number of hydrogen-bond donors (Lipinski definition) is 0. The Morgan fingerprint density at radius 2 is 2.05 bits per heavy atom. The van der Waals surface area contributed by atoms with Gasteiger partial charge in [0.1, 0.15) is 5.75 Å². The van der Waals surface area contributed by atoms with E-state index in [2.05, 4.69) is 35.1 Å². The van der Waals surface area contributed by atoms with E-state index in [4.69, 9.17) is 4.74 Å². The molecule has 1 aromatic carbocycles. The normalized spacial score (nSPS) is 10.9. The molecule has 0 fully saturated rings. The van der Waals surface area contributed by atoms with Gasteiger partial charge in [-0.25, -0.2) is 9.97 Å². The van der Waals surface area contributed by atoms with E-state index < -0.39 is 0 Å². The van der Waals surface area contributed by atoms with Crippen LogP contribution in [0.15, 0.2) is 36.5 Å². The van der Waals surface area contributed by atoms with Crippen molar-refractivity contribution in [2.45, 2.75) is 13.3 Å². The Hall–Kier alpha value is -2.14. The van der Waals surface area contributed by atoms with E-state index in [9.17, 15) is 0 Å². The van der Waals surface area contributed by atoms with Gasteiger partial charge in [0.15, 0.2) is 0 Å². The van der Waals surface area contributed by atoms with E-state index in [-0.39, 0.29) is 0 Å². The molecule has 22 heavy (non-hydrogen) atoms. The van der Waals surface area contributed by atoms with Gasteiger partial charge in [0.2, 0.25) is 5.95 Å². The molecule has 3 aromatic rings. The van der Waals surface area contributed by atoms with Gasteiger partial charge in [-0.2, -0.15) is 0 Å². The van der Waals surface area contributed by atoms with E-state index >= 15 is 0 Å². The van der Waals surface area contributed by atoms with Crippen LogP contribution in [0, 0.1) is 0 Å². The number of thiophene rings is 1. The van der Waals surface area contributed by atoms with Crippen molar-refractivity contribution in [2.24, 2.45) is 0 Å². The first-order valence-corrected chi connectivity index (χ1v) is 8.16. The molecular weight excluding hydrogens is 294 g/mol. The van der Waals surface area contributed by atoms with Crippen LogP contribution in [0.1, 0.15) is 13.3 Å². The lowest BCUT2D eigenvalue weighted by Gasteiger charge is -2.09. The van der Waals surface area contributed by atoms with Crippen molar-refractivity contribution in [3.63, 3.8) is 0 Å². The van der Waals surface area contributed by atoms with Gasteiger partial charge in [0.05, 0.1) is 17.2 Å². The first kappa shape index (κ1) is 14.8. The molecule has 114 valence electrons. The van der Waals surface area contributed by atoms with Gasteiger partial charge in [0, 0.05) is 25.0 Å². The highest BCUT2D eigenvalue weighted by molar-refractivity contribution is 7.22. The Morgan fingerprint density at radius 3 is 2.82 bits per heavy atom. The summed E-state index contributed by atoms with van der Waals surface area (Å²) in [5.41, 5.74) is 0.955. The molecule has 0 spiro atoms. The molecule has 0 amide bonds. The van der Waals surface area contributed by atoms with E-state index in [0.717, 1.165) is 35.3 Å². The molecule has 4 nitrogen and oxygen atoms in total. The molecule has 0 radical (unpaired) electrons. The minimum Gasteiger partial charge on any atom is -0.494 e. The van der Waals surface area contributed by atoms with Crippen LogP contribution >= 0.6 is 11.3 Å². The van der Waals surface area contributed by atoms with Crippen molar-refractivity contribution in [3.8, 4) is 16.3 Å². The fraction of sp³-hybridized carbons (Fsp3) is 0.294. The molecule has 0 saturated carbocycles. The van der Waals surface area contributed by atoms with Crippen LogP contribution < -0.4 is 9.64 Å². The maximum atomic E-state index is 5.70. The number of benzene rings is 1. The van der Waals surface area contributed by atoms with Crippen LogP contribution in [0.4, 0.5) is 5.95 Å². The van der Waals surface area contributed by atoms with Crippen molar-refractivity contribution in [1.82, 2.24) is 9.97 Å². The molecule has 0 N–H and O–H groups in total. The predicted octanol–water partition coefficient (Wildman–Crippen LogP) is 4.21. The van der Waals surface area contributed by atoms with E-state index in [1.807, 2.05) is 31.1 Å². The second-order valence-electron chi connectivity index (χ2n) is 5.30. The summed E-state index contributed by atoms with van der Waals surface area (Å²) in [6.45, 7) is 2.86. The minimum atomic E-state index is 0.724. The molecule has 0 aliphatic rings. The molecule has 0 aliphatic carbocycles. The Kier molecular flexibility index (Phi) is 4.24. The minimum absolute atomic E-state index is 0.724. The Labute approximate surface area is 134 Å². The average Bonchev–Trinajstić information content (AvgIpc) is 2.96. The van der Waals surface area contributed by atoms with Gasteiger partial charge >= 0.3 is 0 Å². The van der Waals surface area contributed by atoms with Crippen LogP contribution in [-0.4, -0.2) is 30.7 Å². The molecule has 0 aliphatic heterocycles. The van der Waals surface area contributed by atoms with Gasteiger partial charge in [-0.15, -0.1) is 11.3 Å². The second-order valence-corrected chi connectivity index (χ2v) is 6.38. The van der Waals surface area contributed by atoms with Crippen molar-refractivity contribution in [1.29, 1.82) is 0 Å². The van der Waals surface area contributed by atoms with E-state index in [1.165, 1.54) is 10.1 Å². The van der Waals surface area contributed by atoms with E-state index in [1.54, 1.807) is 17.5 Å². The third kappa shape index (κ3) is 3.04. The quantitative estimate of drug-likeness (QED) is 0.707. The number of hydrogen-bond acceptors (Lipinski definition) is 5. The molecule has 0 unspecified atom stereocenters. The highest BCUT2D eigenvalue weighted by Gasteiger charge is 2.08. The fourth-order valence-electron chi connectivity index (χ4n) is 2.15. The molecule has 2 heterocycles. The van der Waals surface area contributed by atoms with Crippen molar-refractivity contribution in [3.05, 3.63) is 36.5 Å². The summed E-state index contributed by atoms with van der Waals surface area (Å²) >= 11 is 1.73. The van der Waals surface area contributed by atoms with Crippen LogP contribution in [0.5, 0.6) is 5.75 Å². The topological polar surface area (TPSA) is 38.2 Å². The van der Waals surface area contributed by atoms with Crippen molar-refractivity contribution < 1.29 is 4.74 Å². The number of nitrogens with zero attached hydrogens (tertiary/aromatic N) is 3. The van der Waals surface area contributed by atoms with Crippen LogP contribution in [0.25, 0.3) is 20.7 Å². The first-order chi connectivity index (χ1) is 10.7. The highest BCUT2D eigenvalue weighted by Crippen LogP contribution is 2.34. The summed E-state index contributed by atoms with van der Waals surface area (Å²) in [6, 6.07) is 10.4. The monoisotopic (exact) mass is 313 g/mol. The number of rotatable bonds is 5. The van der Waals surface area contributed by atoms with Gasteiger partial charge in [-0.05, 0) is 42.1 Å². The average molecular weight is 313 g/mol. The third-order valence-corrected chi connectivity index (χ3v) is 4.38. The highest BCUT2D eigenvalue weighted by atomic mass is 32.1. The Balaban J connectivity index is 1.96. The lowest BCUT2D eigenvalue weighted by atomic mass is 10.2. The predicted molar refractivity (Wildman–Crippen MR) is 93.0 cm³/mol. The molecule has 0 bridgehead atoms. The maximum absolute atomic E-state index is 5.70. The largest absolute Gasteiger partial charge is 0.494 e. The third-order valence-electron chi connectivity index (χ3n) is 3.26. The van der Waals surface area contributed by atoms with Gasteiger partial charge < -0.3 is 9.64 Å². The van der Waals surface area contributed by atoms with Crippen LogP contribution in [0.2, 0.25) is 0 Å². The number of fused-ring (bicyclic) bond motifs is 1. The Morgan fingerprint density at radius 1 is 1.18 bits per heavy atom. The Bertz CT molecular complexity index is 782. The number of anilines is 1. The summed E-state index contributed by atoms with van der Waals surface area (Å²) in [5, 5.41) is 1.22. The van der Waals surface area contributed by atoms with Crippen LogP contribution in [-0.2, 0) is 0 Å². The van der Waals surface area contributed by atoms with E-state index in [0.29, 0.717) is 0 Å². The molecule has 0 saturated heterocycles. The molecular formula is C17H19N3OS. The lowest BCUT2D eigenvalue weighted by Crippen LogP contribution is -2.12. The van der Waals surface area contributed by atoms with Crippen molar-refractivity contribution >= 4 is 27.4 Å². The van der Waals surface area contributed by atoms with Gasteiger partial charge in [0.25, 0.3) is 0 Å².